The third-order valence-corrected chi connectivity index (χ3v) is 2.11. The molecule has 0 aromatic carbocycles. The van der Waals surface area contributed by atoms with Gasteiger partial charge < -0.3 is 0 Å². The summed E-state index contributed by atoms with van der Waals surface area (Å²) in [7, 11) is 0. The maximum Gasteiger partial charge on any atom is 0.161 e. The number of nitrogens with two attached hydrogens (primary N) is 1. The number of rotatable bonds is 5. The molecule has 12 heavy (non-hydrogen) atoms. The molecule has 0 radical (unpaired) electrons. The van der Waals surface area contributed by atoms with Crippen LogP contribution in [0.25, 0.3) is 0 Å². The molecule has 1 atom stereocenters. The molecule has 0 spiro atoms. The third kappa shape index (κ3) is 2.91. The van der Waals surface area contributed by atoms with Crippen molar-refractivity contribution in [3.8, 4) is 0 Å². The van der Waals surface area contributed by atoms with Crippen LogP contribution in [0.5, 0.6) is 0 Å². The molecule has 0 rings (SSSR count). The molecule has 0 saturated carbocycles. The maximum atomic E-state index is 11.1. The lowest BCUT2D eigenvalue weighted by atomic mass is 9.80. The second kappa shape index (κ2) is 4.58. The molecule has 0 aliphatic rings. The van der Waals surface area contributed by atoms with Crippen molar-refractivity contribution in [2.24, 2.45) is 11.3 Å². The van der Waals surface area contributed by atoms with Gasteiger partial charge in [0, 0.05) is 5.41 Å². The van der Waals surface area contributed by atoms with Gasteiger partial charge in [0.15, 0.2) is 5.78 Å². The van der Waals surface area contributed by atoms with E-state index < -0.39 is 6.10 Å². The first-order valence-corrected chi connectivity index (χ1v) is 4.31. The van der Waals surface area contributed by atoms with Crippen LogP contribution in [0.4, 0.5) is 0 Å². The van der Waals surface area contributed by atoms with Crippen LogP contribution in [-0.2, 0) is 9.63 Å². The second-order valence-electron chi connectivity index (χ2n) is 3.87. The molecule has 0 fully saturated rings. The van der Waals surface area contributed by atoms with Gasteiger partial charge in [-0.3, -0.25) is 9.63 Å². The molecule has 1 unspecified atom stereocenters. The zero-order valence-electron chi connectivity index (χ0n) is 8.39. The van der Waals surface area contributed by atoms with Crippen LogP contribution in [0, 0.1) is 5.41 Å². The Morgan fingerprint density at radius 1 is 1.58 bits per heavy atom. The number of hydrogen-bond acceptors (Lipinski definition) is 3. The van der Waals surface area contributed by atoms with Crippen molar-refractivity contribution < 1.29 is 9.63 Å². The van der Waals surface area contributed by atoms with Gasteiger partial charge in [0.1, 0.15) is 6.10 Å². The minimum Gasteiger partial charge on any atom is -0.297 e. The minimum atomic E-state index is -0.475. The first kappa shape index (κ1) is 11.6. The standard InChI is InChI=1S/C9H19NO2/c1-5-6-9(3,4)8(12-10)7(2)11/h8H,5-6,10H2,1-4H3. The summed E-state index contributed by atoms with van der Waals surface area (Å²) in [4.78, 5) is 15.8. The summed E-state index contributed by atoms with van der Waals surface area (Å²) in [5.74, 6) is 5.07. The van der Waals surface area contributed by atoms with Crippen LogP contribution < -0.4 is 5.90 Å². The summed E-state index contributed by atoms with van der Waals surface area (Å²) in [6.45, 7) is 7.58. The highest BCUT2D eigenvalue weighted by Gasteiger charge is 2.32. The number of carbonyl (C=O) groups is 1. The zero-order valence-corrected chi connectivity index (χ0v) is 8.39. The molecule has 0 aromatic heterocycles. The summed E-state index contributed by atoms with van der Waals surface area (Å²) >= 11 is 0. The Labute approximate surface area is 74.2 Å². The molecule has 0 aromatic rings. The van der Waals surface area contributed by atoms with Gasteiger partial charge in [0.05, 0.1) is 0 Å². The Morgan fingerprint density at radius 3 is 2.33 bits per heavy atom. The van der Waals surface area contributed by atoms with Crippen molar-refractivity contribution in [3.63, 3.8) is 0 Å². The van der Waals surface area contributed by atoms with Crippen LogP contribution in [-0.4, -0.2) is 11.9 Å². The van der Waals surface area contributed by atoms with Gasteiger partial charge in [-0.25, -0.2) is 5.90 Å². The van der Waals surface area contributed by atoms with E-state index in [1.807, 2.05) is 13.8 Å². The maximum absolute atomic E-state index is 11.1. The number of Topliss-reactive ketones (excluding diaryl/α,β-unsaturated/α-hetero) is 1. The first-order valence-electron chi connectivity index (χ1n) is 4.31. The quantitative estimate of drug-likeness (QED) is 0.643. The van der Waals surface area contributed by atoms with E-state index in [1.165, 1.54) is 6.92 Å². The summed E-state index contributed by atoms with van der Waals surface area (Å²) < 4.78 is 0. The van der Waals surface area contributed by atoms with E-state index in [1.54, 1.807) is 0 Å². The van der Waals surface area contributed by atoms with E-state index in [4.69, 9.17) is 5.90 Å². The number of hydrogen-bond donors (Lipinski definition) is 1. The molecule has 0 bridgehead atoms. The normalized spacial score (nSPS) is 14.4. The first-order chi connectivity index (χ1) is 5.45. The minimum absolute atomic E-state index is 0.00375. The Kier molecular flexibility index (Phi) is 4.42. The summed E-state index contributed by atoms with van der Waals surface area (Å²) in [6.07, 6.45) is 1.49. The van der Waals surface area contributed by atoms with Crippen molar-refractivity contribution in [2.45, 2.75) is 46.6 Å². The van der Waals surface area contributed by atoms with Gasteiger partial charge in [-0.2, -0.15) is 0 Å². The highest BCUT2D eigenvalue weighted by Crippen LogP contribution is 2.28. The Hall–Kier alpha value is -0.410. The summed E-state index contributed by atoms with van der Waals surface area (Å²) in [5, 5.41) is 0. The van der Waals surface area contributed by atoms with E-state index in [0.29, 0.717) is 0 Å². The smallest absolute Gasteiger partial charge is 0.161 e. The SMILES string of the molecule is CCCC(C)(C)C(ON)C(C)=O. The van der Waals surface area contributed by atoms with Crippen LogP contribution in [0.1, 0.15) is 40.5 Å². The Bertz CT molecular complexity index is 155. The van der Waals surface area contributed by atoms with Gasteiger partial charge in [-0.1, -0.05) is 27.2 Å². The number of ketones is 1. The fourth-order valence-electron chi connectivity index (χ4n) is 1.61. The van der Waals surface area contributed by atoms with Crippen LogP contribution >= 0.6 is 0 Å². The second-order valence-corrected chi connectivity index (χ2v) is 3.87. The lowest BCUT2D eigenvalue weighted by molar-refractivity contribution is -0.137. The van der Waals surface area contributed by atoms with Crippen LogP contribution in [0.2, 0.25) is 0 Å². The fraction of sp³-hybridized carbons (Fsp3) is 0.889. The fourth-order valence-corrected chi connectivity index (χ4v) is 1.61. The van der Waals surface area contributed by atoms with Crippen molar-refractivity contribution in [1.82, 2.24) is 0 Å². The Balaban J connectivity index is 4.36. The monoisotopic (exact) mass is 173 g/mol. The highest BCUT2D eigenvalue weighted by atomic mass is 16.6. The Morgan fingerprint density at radius 2 is 2.08 bits per heavy atom. The summed E-state index contributed by atoms with van der Waals surface area (Å²) in [6, 6.07) is 0. The molecule has 0 aliphatic heterocycles. The lowest BCUT2D eigenvalue weighted by Crippen LogP contribution is -2.39. The van der Waals surface area contributed by atoms with E-state index in [0.717, 1.165) is 12.8 Å². The molecule has 3 nitrogen and oxygen atoms in total. The lowest BCUT2D eigenvalue weighted by Gasteiger charge is -2.30. The predicted molar refractivity (Wildman–Crippen MR) is 48.4 cm³/mol. The highest BCUT2D eigenvalue weighted by molar-refractivity contribution is 5.81. The largest absolute Gasteiger partial charge is 0.297 e. The zero-order chi connectivity index (χ0) is 9.78. The van der Waals surface area contributed by atoms with Crippen molar-refractivity contribution >= 4 is 5.78 Å². The van der Waals surface area contributed by atoms with Gasteiger partial charge >= 0.3 is 0 Å². The third-order valence-electron chi connectivity index (χ3n) is 2.11. The predicted octanol–water partition coefficient (Wildman–Crippen LogP) is 1.66. The van der Waals surface area contributed by atoms with Crippen molar-refractivity contribution in [2.75, 3.05) is 0 Å². The van der Waals surface area contributed by atoms with E-state index in [-0.39, 0.29) is 11.2 Å². The summed E-state index contributed by atoms with van der Waals surface area (Å²) in [5.41, 5.74) is -0.157. The van der Waals surface area contributed by atoms with E-state index in [9.17, 15) is 4.79 Å². The molecule has 72 valence electrons. The van der Waals surface area contributed by atoms with Gasteiger partial charge in [0.2, 0.25) is 0 Å². The number of carbonyl (C=O) groups excluding carboxylic acids is 1. The van der Waals surface area contributed by atoms with Crippen LogP contribution in [0.15, 0.2) is 0 Å². The molecule has 0 amide bonds. The van der Waals surface area contributed by atoms with Crippen molar-refractivity contribution in [3.05, 3.63) is 0 Å². The molecule has 2 N–H and O–H groups in total. The van der Waals surface area contributed by atoms with E-state index in [2.05, 4.69) is 11.8 Å². The average molecular weight is 173 g/mol. The van der Waals surface area contributed by atoms with Gasteiger partial charge in [-0.05, 0) is 13.3 Å². The van der Waals surface area contributed by atoms with E-state index >= 15 is 0 Å². The molecule has 0 saturated heterocycles. The molecule has 0 heterocycles. The van der Waals surface area contributed by atoms with Gasteiger partial charge in [0.25, 0.3) is 0 Å². The topological polar surface area (TPSA) is 52.3 Å². The molecule has 3 heteroatoms. The molecular formula is C9H19NO2. The molecular weight excluding hydrogens is 154 g/mol. The van der Waals surface area contributed by atoms with Crippen molar-refractivity contribution in [1.29, 1.82) is 0 Å². The van der Waals surface area contributed by atoms with Gasteiger partial charge in [-0.15, -0.1) is 0 Å². The average Bonchev–Trinajstić information content (AvgIpc) is 1.86. The molecule has 0 aliphatic carbocycles. The van der Waals surface area contributed by atoms with Crippen LogP contribution in [0.3, 0.4) is 0 Å².